The molecule has 1 aliphatic carbocycles. The number of hydrogen-bond acceptors (Lipinski definition) is 3. The molecule has 2 aliphatic heterocycles. The lowest BCUT2D eigenvalue weighted by Gasteiger charge is -2.35. The number of phenols is 1. The van der Waals surface area contributed by atoms with Gasteiger partial charge in [-0.1, -0.05) is 72.8 Å². The largest absolute Gasteiger partial charge is 0.508 e. The Kier molecular flexibility index (Phi) is 4.22. The zero-order chi connectivity index (χ0) is 21.7. The Bertz CT molecular complexity index is 1260. The highest BCUT2D eigenvalue weighted by Crippen LogP contribution is 2.55. The molecule has 0 saturated heterocycles. The topological polar surface area (TPSA) is 49.8 Å². The summed E-state index contributed by atoms with van der Waals surface area (Å²) < 4.78 is 6.01. The third kappa shape index (κ3) is 2.59. The van der Waals surface area contributed by atoms with Crippen LogP contribution in [0.3, 0.4) is 0 Å². The number of para-hydroxylation sites is 1. The molecule has 3 aromatic carbocycles. The van der Waals surface area contributed by atoms with Gasteiger partial charge in [-0.2, -0.15) is 0 Å². The summed E-state index contributed by atoms with van der Waals surface area (Å²) in [6.45, 7) is 0.236. The van der Waals surface area contributed by atoms with E-state index in [1.807, 2.05) is 47.4 Å². The van der Waals surface area contributed by atoms with Crippen molar-refractivity contribution in [3.05, 3.63) is 114 Å². The van der Waals surface area contributed by atoms with Gasteiger partial charge < -0.3 is 14.7 Å². The van der Waals surface area contributed by atoms with Crippen LogP contribution >= 0.6 is 0 Å². The van der Waals surface area contributed by atoms with Gasteiger partial charge in [0.05, 0.1) is 6.04 Å². The van der Waals surface area contributed by atoms with Crippen LogP contribution in [0.15, 0.2) is 97.1 Å². The van der Waals surface area contributed by atoms with Crippen molar-refractivity contribution in [1.29, 1.82) is 0 Å². The molecule has 2 heterocycles. The lowest BCUT2D eigenvalue weighted by atomic mass is 9.77. The average molecular weight is 421 g/mol. The number of allylic oxidation sites excluding steroid dienone is 3. The van der Waals surface area contributed by atoms with E-state index in [0.29, 0.717) is 5.75 Å². The van der Waals surface area contributed by atoms with Crippen LogP contribution in [0.4, 0.5) is 5.69 Å². The SMILES string of the molecule is O=C1N(C(c2ccccc2)C2C=CC=CC2)c2ccccc2C12COc1ccc(O)cc12. The molecule has 1 N–H and O–H groups in total. The average Bonchev–Trinajstić information content (AvgIpc) is 3.33. The lowest BCUT2D eigenvalue weighted by molar-refractivity contribution is -0.122. The highest BCUT2D eigenvalue weighted by molar-refractivity contribution is 6.12. The number of hydrogen-bond donors (Lipinski definition) is 1. The number of ether oxygens (including phenoxy) is 1. The number of amides is 1. The molecular formula is C28H23NO3. The molecule has 3 aromatic rings. The maximum Gasteiger partial charge on any atom is 0.246 e. The van der Waals surface area contributed by atoms with E-state index in [2.05, 4.69) is 36.4 Å². The smallest absolute Gasteiger partial charge is 0.246 e. The summed E-state index contributed by atoms with van der Waals surface area (Å²) in [5.74, 6) is 0.947. The fourth-order valence-corrected chi connectivity index (χ4v) is 5.46. The quantitative estimate of drug-likeness (QED) is 0.625. The van der Waals surface area contributed by atoms with E-state index < -0.39 is 5.41 Å². The fraction of sp³-hybridized carbons (Fsp3) is 0.179. The molecule has 4 nitrogen and oxygen atoms in total. The normalized spacial score (nSPS) is 23.8. The summed E-state index contributed by atoms with van der Waals surface area (Å²) in [7, 11) is 0. The fourth-order valence-electron chi connectivity index (χ4n) is 5.46. The molecule has 1 spiro atoms. The molecular weight excluding hydrogens is 398 g/mol. The summed E-state index contributed by atoms with van der Waals surface area (Å²) in [4.78, 5) is 16.4. The predicted octanol–water partition coefficient (Wildman–Crippen LogP) is 5.29. The number of phenolic OH excluding ortho intramolecular Hbond substituents is 1. The predicted molar refractivity (Wildman–Crippen MR) is 124 cm³/mol. The number of benzene rings is 3. The molecule has 6 rings (SSSR count). The number of aromatic hydroxyl groups is 1. The molecule has 0 aromatic heterocycles. The van der Waals surface area contributed by atoms with E-state index in [1.54, 1.807) is 18.2 Å². The van der Waals surface area contributed by atoms with E-state index >= 15 is 0 Å². The summed E-state index contributed by atoms with van der Waals surface area (Å²) in [6, 6.07) is 23.2. The standard InChI is InChI=1S/C28H23NO3/c30-21-15-16-25-23(17-21)28(18-32-25)22-13-7-8-14-24(22)29(27(28)31)26(19-9-3-1-4-10-19)20-11-5-2-6-12-20/h1-11,13-17,20,26,30H,12,18H2. The van der Waals surface area contributed by atoms with Crippen LogP contribution in [0.1, 0.15) is 29.2 Å². The first-order valence-electron chi connectivity index (χ1n) is 11.0. The Morgan fingerprint density at radius 3 is 2.59 bits per heavy atom. The van der Waals surface area contributed by atoms with Crippen molar-refractivity contribution in [2.75, 3.05) is 11.5 Å². The second-order valence-electron chi connectivity index (χ2n) is 8.63. The Morgan fingerprint density at radius 1 is 0.969 bits per heavy atom. The first-order valence-corrected chi connectivity index (χ1v) is 11.0. The van der Waals surface area contributed by atoms with Crippen molar-refractivity contribution >= 4 is 11.6 Å². The van der Waals surface area contributed by atoms with Crippen molar-refractivity contribution < 1.29 is 14.6 Å². The van der Waals surface area contributed by atoms with Crippen molar-refractivity contribution in [2.24, 2.45) is 5.92 Å². The molecule has 3 aliphatic rings. The third-order valence-electron chi connectivity index (χ3n) is 6.91. The molecule has 0 fully saturated rings. The molecule has 158 valence electrons. The lowest BCUT2D eigenvalue weighted by Crippen LogP contribution is -2.45. The van der Waals surface area contributed by atoms with Crippen LogP contribution in [0.2, 0.25) is 0 Å². The Morgan fingerprint density at radius 2 is 1.78 bits per heavy atom. The van der Waals surface area contributed by atoms with Crippen molar-refractivity contribution in [2.45, 2.75) is 17.9 Å². The van der Waals surface area contributed by atoms with Crippen LogP contribution < -0.4 is 9.64 Å². The highest BCUT2D eigenvalue weighted by Gasteiger charge is 2.58. The van der Waals surface area contributed by atoms with Crippen LogP contribution in [-0.2, 0) is 10.2 Å². The van der Waals surface area contributed by atoms with Gasteiger partial charge in [0.15, 0.2) is 0 Å². The van der Waals surface area contributed by atoms with Crippen LogP contribution in [0.5, 0.6) is 11.5 Å². The minimum Gasteiger partial charge on any atom is -0.508 e. The number of carbonyl (C=O) groups excluding carboxylic acids is 1. The van der Waals surface area contributed by atoms with E-state index in [-0.39, 0.29) is 30.2 Å². The maximum absolute atomic E-state index is 14.4. The van der Waals surface area contributed by atoms with Gasteiger partial charge in [-0.15, -0.1) is 0 Å². The van der Waals surface area contributed by atoms with Crippen molar-refractivity contribution in [3.63, 3.8) is 0 Å². The number of fused-ring (bicyclic) bond motifs is 4. The molecule has 3 unspecified atom stereocenters. The molecule has 3 atom stereocenters. The molecule has 4 heteroatoms. The second-order valence-corrected chi connectivity index (χ2v) is 8.63. The molecule has 32 heavy (non-hydrogen) atoms. The second kappa shape index (κ2) is 7.13. The highest BCUT2D eigenvalue weighted by atomic mass is 16.5. The van der Waals surface area contributed by atoms with Gasteiger partial charge in [0.2, 0.25) is 5.91 Å². The number of nitrogens with zero attached hydrogens (tertiary/aromatic N) is 1. The minimum absolute atomic E-state index is 0.000133. The van der Waals surface area contributed by atoms with E-state index in [1.165, 1.54) is 0 Å². The Labute approximate surface area is 187 Å². The summed E-state index contributed by atoms with van der Waals surface area (Å²) in [5.41, 5.74) is 2.74. The zero-order valence-electron chi connectivity index (χ0n) is 17.5. The van der Waals surface area contributed by atoms with Gasteiger partial charge in [-0.3, -0.25) is 4.79 Å². The summed E-state index contributed by atoms with van der Waals surface area (Å²) in [6.07, 6.45) is 9.35. The van der Waals surface area contributed by atoms with Gasteiger partial charge in [0.1, 0.15) is 23.5 Å². The number of anilines is 1. The molecule has 1 amide bonds. The van der Waals surface area contributed by atoms with Crippen LogP contribution in [0, 0.1) is 5.92 Å². The summed E-state index contributed by atoms with van der Waals surface area (Å²) >= 11 is 0. The van der Waals surface area contributed by atoms with Gasteiger partial charge in [0.25, 0.3) is 0 Å². The van der Waals surface area contributed by atoms with Gasteiger partial charge in [-0.25, -0.2) is 0 Å². The number of rotatable bonds is 3. The van der Waals surface area contributed by atoms with Gasteiger partial charge >= 0.3 is 0 Å². The molecule has 0 saturated carbocycles. The molecule has 0 bridgehead atoms. The zero-order valence-corrected chi connectivity index (χ0v) is 17.5. The van der Waals surface area contributed by atoms with Crippen LogP contribution in [-0.4, -0.2) is 17.6 Å². The van der Waals surface area contributed by atoms with E-state index in [4.69, 9.17) is 4.74 Å². The van der Waals surface area contributed by atoms with Crippen LogP contribution in [0.25, 0.3) is 0 Å². The third-order valence-corrected chi connectivity index (χ3v) is 6.91. The Hall–Kier alpha value is -3.79. The minimum atomic E-state index is -0.952. The van der Waals surface area contributed by atoms with Gasteiger partial charge in [0, 0.05) is 17.2 Å². The number of carbonyl (C=O) groups is 1. The first-order chi connectivity index (χ1) is 15.7. The van der Waals surface area contributed by atoms with Gasteiger partial charge in [-0.05, 0) is 41.8 Å². The van der Waals surface area contributed by atoms with Crippen molar-refractivity contribution in [1.82, 2.24) is 0 Å². The molecule has 0 radical (unpaired) electrons. The maximum atomic E-state index is 14.4. The first kappa shape index (κ1) is 18.9. The van der Waals surface area contributed by atoms with E-state index in [0.717, 1.165) is 28.8 Å². The van der Waals surface area contributed by atoms with E-state index in [9.17, 15) is 9.90 Å². The van der Waals surface area contributed by atoms with Crippen molar-refractivity contribution in [3.8, 4) is 11.5 Å². The Balaban J connectivity index is 1.57. The monoisotopic (exact) mass is 421 g/mol. The summed E-state index contributed by atoms with van der Waals surface area (Å²) in [5, 5.41) is 10.2.